The van der Waals surface area contributed by atoms with Crippen molar-refractivity contribution >= 4 is 11.0 Å². The molecule has 1 aromatic heterocycles. The Labute approximate surface area is 113 Å². The van der Waals surface area contributed by atoms with Crippen molar-refractivity contribution in [1.82, 2.24) is 15.3 Å². The lowest BCUT2D eigenvalue weighted by Gasteiger charge is -2.57. The second-order valence-electron chi connectivity index (χ2n) is 6.91. The van der Waals surface area contributed by atoms with E-state index in [-0.39, 0.29) is 5.41 Å². The van der Waals surface area contributed by atoms with Crippen LogP contribution >= 0.6 is 0 Å². The first kappa shape index (κ1) is 11.5. The Hall–Kier alpha value is -1.35. The third-order valence-electron chi connectivity index (χ3n) is 6.01. The molecule has 1 fully saturated rings. The smallest absolute Gasteiger partial charge is 0.0931 e. The number of H-pyrrole nitrogens is 1. The van der Waals surface area contributed by atoms with Crippen molar-refractivity contribution in [3.05, 3.63) is 29.6 Å². The first-order chi connectivity index (χ1) is 9.04. The highest BCUT2D eigenvalue weighted by molar-refractivity contribution is 5.81. The van der Waals surface area contributed by atoms with E-state index in [4.69, 9.17) is 0 Å². The van der Waals surface area contributed by atoms with Gasteiger partial charge in [-0.1, -0.05) is 26.8 Å². The Balaban J connectivity index is 2.05. The molecule has 3 nitrogen and oxygen atoms in total. The molecular formula is C16H21N3. The molecule has 0 unspecified atom stereocenters. The minimum Gasteiger partial charge on any atom is -0.345 e. The number of hydrogen-bond acceptors (Lipinski definition) is 2. The van der Waals surface area contributed by atoms with E-state index in [9.17, 15) is 0 Å². The molecule has 2 aromatic rings. The van der Waals surface area contributed by atoms with E-state index in [1.165, 1.54) is 28.6 Å². The molecule has 1 aliphatic heterocycles. The number of benzene rings is 1. The molecular weight excluding hydrogens is 234 g/mol. The fourth-order valence-corrected chi connectivity index (χ4v) is 4.26. The summed E-state index contributed by atoms with van der Waals surface area (Å²) in [5, 5.41) is 3.73. The van der Waals surface area contributed by atoms with E-state index in [0.29, 0.717) is 11.5 Å². The molecule has 19 heavy (non-hydrogen) atoms. The second-order valence-corrected chi connectivity index (χ2v) is 6.91. The van der Waals surface area contributed by atoms with Crippen LogP contribution in [0.25, 0.3) is 11.0 Å². The molecule has 4 rings (SSSR count). The summed E-state index contributed by atoms with van der Waals surface area (Å²) >= 11 is 0. The molecule has 100 valence electrons. The second kappa shape index (κ2) is 3.40. The molecule has 2 atom stereocenters. The van der Waals surface area contributed by atoms with Crippen LogP contribution in [0.2, 0.25) is 0 Å². The van der Waals surface area contributed by atoms with Crippen molar-refractivity contribution in [2.24, 2.45) is 5.41 Å². The number of nitrogens with one attached hydrogen (secondary N) is 2. The molecule has 0 saturated carbocycles. The molecule has 0 spiro atoms. The van der Waals surface area contributed by atoms with Crippen LogP contribution in [0.3, 0.4) is 0 Å². The summed E-state index contributed by atoms with van der Waals surface area (Å²) in [5.41, 5.74) is 5.87. The minimum atomic E-state index is 0.254. The molecule has 2 heterocycles. The predicted molar refractivity (Wildman–Crippen MR) is 77.3 cm³/mol. The fourth-order valence-electron chi connectivity index (χ4n) is 4.26. The predicted octanol–water partition coefficient (Wildman–Crippen LogP) is 2.76. The van der Waals surface area contributed by atoms with Gasteiger partial charge in [-0.15, -0.1) is 0 Å². The fraction of sp³-hybridized carbons (Fsp3) is 0.562. The van der Waals surface area contributed by atoms with Gasteiger partial charge in [0.05, 0.1) is 17.4 Å². The number of rotatable bonds is 0. The van der Waals surface area contributed by atoms with Gasteiger partial charge in [0.15, 0.2) is 0 Å². The summed E-state index contributed by atoms with van der Waals surface area (Å²) in [4.78, 5) is 7.79. The number of hydrogen-bond donors (Lipinski definition) is 2. The Morgan fingerprint density at radius 3 is 2.95 bits per heavy atom. The number of aromatic amines is 1. The van der Waals surface area contributed by atoms with Crippen molar-refractivity contribution in [1.29, 1.82) is 0 Å². The molecule has 0 radical (unpaired) electrons. The van der Waals surface area contributed by atoms with Crippen LogP contribution in [-0.4, -0.2) is 22.6 Å². The van der Waals surface area contributed by atoms with Crippen molar-refractivity contribution < 1.29 is 0 Å². The lowest BCUT2D eigenvalue weighted by atomic mass is 9.51. The Kier molecular flexibility index (Phi) is 2.05. The van der Waals surface area contributed by atoms with Gasteiger partial charge in [-0.3, -0.25) is 0 Å². The average Bonchev–Trinajstić information content (AvgIpc) is 2.81. The summed E-state index contributed by atoms with van der Waals surface area (Å²) in [7, 11) is 0. The maximum Gasteiger partial charge on any atom is 0.0931 e. The maximum absolute atomic E-state index is 4.55. The zero-order valence-electron chi connectivity index (χ0n) is 11.9. The third kappa shape index (κ3) is 1.24. The minimum absolute atomic E-state index is 0.254. The molecule has 2 bridgehead atoms. The van der Waals surface area contributed by atoms with Crippen LogP contribution in [0.5, 0.6) is 0 Å². The first-order valence-corrected chi connectivity index (χ1v) is 7.23. The molecule has 0 amide bonds. The summed E-state index contributed by atoms with van der Waals surface area (Å²) in [5.74, 6) is 0. The standard InChI is InChI=1S/C16H21N3/c1-15(2)13-8-10-11(16(15,3)6-7-17-13)4-5-12-14(10)19-9-18-12/h4-5,9,13,17H,6-8H2,1-3H3,(H,18,19)/t13-,16-/m0/s1. The topological polar surface area (TPSA) is 40.7 Å². The molecule has 2 N–H and O–H groups in total. The van der Waals surface area contributed by atoms with Gasteiger partial charge in [-0.05, 0) is 42.0 Å². The monoisotopic (exact) mass is 255 g/mol. The van der Waals surface area contributed by atoms with Crippen molar-refractivity contribution in [2.75, 3.05) is 6.54 Å². The first-order valence-electron chi connectivity index (χ1n) is 7.23. The average molecular weight is 255 g/mol. The van der Waals surface area contributed by atoms with E-state index in [2.05, 4.69) is 48.2 Å². The van der Waals surface area contributed by atoms with Gasteiger partial charge in [0.2, 0.25) is 0 Å². The van der Waals surface area contributed by atoms with Gasteiger partial charge in [0, 0.05) is 11.5 Å². The van der Waals surface area contributed by atoms with Crippen LogP contribution in [0.1, 0.15) is 38.3 Å². The van der Waals surface area contributed by atoms with Gasteiger partial charge < -0.3 is 10.3 Å². The van der Waals surface area contributed by atoms with Gasteiger partial charge >= 0.3 is 0 Å². The number of aromatic nitrogens is 2. The summed E-state index contributed by atoms with van der Waals surface area (Å²) in [6, 6.07) is 5.09. The summed E-state index contributed by atoms with van der Waals surface area (Å²) in [6.45, 7) is 8.41. The summed E-state index contributed by atoms with van der Waals surface area (Å²) < 4.78 is 0. The normalized spacial score (nSPS) is 32.3. The highest BCUT2D eigenvalue weighted by Gasteiger charge is 2.53. The lowest BCUT2D eigenvalue weighted by molar-refractivity contribution is 0.0564. The van der Waals surface area contributed by atoms with Crippen LogP contribution in [-0.2, 0) is 11.8 Å². The van der Waals surface area contributed by atoms with Crippen LogP contribution < -0.4 is 5.32 Å². The van der Waals surface area contributed by atoms with Crippen molar-refractivity contribution in [3.63, 3.8) is 0 Å². The van der Waals surface area contributed by atoms with Gasteiger partial charge in [0.25, 0.3) is 0 Å². The SMILES string of the molecule is CC1(C)[C@@H]2Cc3c(ccc4[nH]cnc34)[C@]1(C)CCN2. The van der Waals surface area contributed by atoms with Crippen LogP contribution in [0.15, 0.2) is 18.5 Å². The largest absolute Gasteiger partial charge is 0.345 e. The molecule has 1 aromatic carbocycles. The maximum atomic E-state index is 4.55. The highest BCUT2D eigenvalue weighted by Crippen LogP contribution is 2.54. The number of piperidine rings is 1. The molecule has 1 saturated heterocycles. The van der Waals surface area contributed by atoms with Crippen LogP contribution in [0.4, 0.5) is 0 Å². The van der Waals surface area contributed by atoms with Gasteiger partial charge in [0.1, 0.15) is 0 Å². The zero-order chi connectivity index (χ0) is 13.3. The van der Waals surface area contributed by atoms with Crippen molar-refractivity contribution in [3.8, 4) is 0 Å². The van der Waals surface area contributed by atoms with E-state index in [0.717, 1.165) is 13.0 Å². The van der Waals surface area contributed by atoms with E-state index >= 15 is 0 Å². The number of imidazole rings is 1. The summed E-state index contributed by atoms with van der Waals surface area (Å²) in [6.07, 6.45) is 4.12. The molecule has 2 aliphatic rings. The molecule has 1 aliphatic carbocycles. The van der Waals surface area contributed by atoms with Gasteiger partial charge in [-0.2, -0.15) is 0 Å². The Morgan fingerprint density at radius 1 is 1.26 bits per heavy atom. The third-order valence-corrected chi connectivity index (χ3v) is 6.01. The van der Waals surface area contributed by atoms with E-state index in [1.54, 1.807) is 0 Å². The lowest BCUT2D eigenvalue weighted by Crippen LogP contribution is -2.62. The quantitative estimate of drug-likeness (QED) is 0.760. The molecule has 3 heteroatoms. The van der Waals surface area contributed by atoms with Crippen molar-refractivity contribution in [2.45, 2.75) is 45.1 Å². The Morgan fingerprint density at radius 2 is 2.11 bits per heavy atom. The van der Waals surface area contributed by atoms with Crippen LogP contribution in [0, 0.1) is 5.41 Å². The van der Waals surface area contributed by atoms with E-state index in [1.807, 2.05) is 6.33 Å². The van der Waals surface area contributed by atoms with E-state index < -0.39 is 0 Å². The Bertz CT molecular complexity index is 655. The van der Waals surface area contributed by atoms with Gasteiger partial charge in [-0.25, -0.2) is 4.98 Å². The number of nitrogens with zero attached hydrogens (tertiary/aromatic N) is 1. The zero-order valence-corrected chi connectivity index (χ0v) is 11.9. The number of fused-ring (bicyclic) bond motifs is 6. The highest BCUT2D eigenvalue weighted by atomic mass is 15.0.